The van der Waals surface area contributed by atoms with Crippen LogP contribution in [0.5, 0.6) is 0 Å². The number of aromatic nitrogens is 3. The fourth-order valence-corrected chi connectivity index (χ4v) is 3.73. The average Bonchev–Trinajstić information content (AvgIpc) is 3.25. The van der Waals surface area contributed by atoms with Crippen LogP contribution in [0.4, 0.5) is 5.82 Å². The number of β-amino-alcohol motifs (C(OH)–C–C–N with tert-alkyl or cyclic N) is 1. The zero-order valence-electron chi connectivity index (χ0n) is 14.2. The number of amides is 1. The maximum absolute atomic E-state index is 12.5. The molecule has 0 spiro atoms. The molecule has 3 N–H and O–H groups in total. The van der Waals surface area contributed by atoms with E-state index in [1.165, 1.54) is 0 Å². The highest BCUT2D eigenvalue weighted by Crippen LogP contribution is 2.25. The summed E-state index contributed by atoms with van der Waals surface area (Å²) in [4.78, 5) is 18.9. The van der Waals surface area contributed by atoms with Crippen LogP contribution >= 0.6 is 0 Å². The minimum atomic E-state index is -0.941. The van der Waals surface area contributed by atoms with E-state index >= 15 is 0 Å². The fourth-order valence-electron chi connectivity index (χ4n) is 3.73. The third kappa shape index (κ3) is 3.24. The number of aryl methyl sites for hydroxylation is 1. The first-order valence-electron chi connectivity index (χ1n) is 8.87. The molecule has 0 bridgehead atoms. The largest absolute Gasteiger partial charge is 0.386 e. The van der Waals surface area contributed by atoms with Crippen molar-refractivity contribution in [1.29, 1.82) is 0 Å². The average molecular weight is 341 g/mol. The summed E-state index contributed by atoms with van der Waals surface area (Å²) in [6, 6.07) is 5.74. The number of carbonyl (C=O) groups is 1. The second-order valence-corrected chi connectivity index (χ2v) is 7.00. The minimum absolute atomic E-state index is 0.205. The molecule has 0 aromatic carbocycles. The summed E-state index contributed by atoms with van der Waals surface area (Å²) in [5.74, 6) is 0.648. The molecule has 2 aliphatic rings. The van der Waals surface area contributed by atoms with Gasteiger partial charge in [0, 0.05) is 37.1 Å². The minimum Gasteiger partial charge on any atom is -0.386 e. The number of aliphatic hydroxyl groups is 1. The van der Waals surface area contributed by atoms with Crippen LogP contribution in [0.15, 0.2) is 24.4 Å². The smallest absolute Gasteiger partial charge is 0.272 e. The number of fused-ring (bicyclic) bond motifs is 1. The van der Waals surface area contributed by atoms with E-state index in [4.69, 9.17) is 0 Å². The topological polar surface area (TPSA) is 94.1 Å². The summed E-state index contributed by atoms with van der Waals surface area (Å²) < 4.78 is 0. The Morgan fingerprint density at radius 1 is 1.36 bits per heavy atom. The van der Waals surface area contributed by atoms with Crippen LogP contribution in [0, 0.1) is 0 Å². The van der Waals surface area contributed by atoms with E-state index < -0.39 is 5.60 Å². The van der Waals surface area contributed by atoms with Crippen LogP contribution in [0.1, 0.15) is 41.0 Å². The van der Waals surface area contributed by atoms with E-state index in [0.29, 0.717) is 18.7 Å². The number of aromatic amines is 1. The summed E-state index contributed by atoms with van der Waals surface area (Å²) in [5, 5.41) is 20.8. The fraction of sp³-hybridized carbons (Fsp3) is 0.500. The van der Waals surface area contributed by atoms with Crippen molar-refractivity contribution in [3.8, 4) is 0 Å². The van der Waals surface area contributed by atoms with Gasteiger partial charge in [-0.25, -0.2) is 4.98 Å². The maximum atomic E-state index is 12.5. The van der Waals surface area contributed by atoms with Crippen LogP contribution in [0.2, 0.25) is 0 Å². The molecule has 1 unspecified atom stereocenters. The molecule has 132 valence electrons. The summed E-state index contributed by atoms with van der Waals surface area (Å²) in [7, 11) is 0. The predicted octanol–water partition coefficient (Wildman–Crippen LogP) is 1.05. The molecule has 2 aromatic heterocycles. The SMILES string of the molecule is O=C(NCC1(O)CCN(c2ccccn2)C1)c1n[nH]c2c1CCCC2. The van der Waals surface area contributed by atoms with Gasteiger partial charge in [-0.1, -0.05) is 6.07 Å². The number of H-pyrrole nitrogens is 1. The Bertz CT molecular complexity index is 760. The van der Waals surface area contributed by atoms with Crippen LogP contribution in [0.25, 0.3) is 0 Å². The van der Waals surface area contributed by atoms with Gasteiger partial charge in [0.05, 0.1) is 0 Å². The van der Waals surface area contributed by atoms with Gasteiger partial charge in [0.1, 0.15) is 11.4 Å². The highest BCUT2D eigenvalue weighted by molar-refractivity contribution is 5.94. The molecule has 7 heteroatoms. The summed E-state index contributed by atoms with van der Waals surface area (Å²) in [6.07, 6.45) is 6.43. The van der Waals surface area contributed by atoms with Crippen LogP contribution in [-0.4, -0.2) is 51.4 Å². The van der Waals surface area contributed by atoms with E-state index in [1.54, 1.807) is 6.20 Å². The lowest BCUT2D eigenvalue weighted by Crippen LogP contribution is -2.45. The molecule has 1 saturated heterocycles. The number of rotatable bonds is 4. The van der Waals surface area contributed by atoms with Crippen molar-refractivity contribution in [1.82, 2.24) is 20.5 Å². The van der Waals surface area contributed by atoms with E-state index in [2.05, 4.69) is 20.5 Å². The summed E-state index contributed by atoms with van der Waals surface area (Å²) >= 11 is 0. The number of carbonyl (C=O) groups excluding carboxylic acids is 1. The summed E-state index contributed by atoms with van der Waals surface area (Å²) in [6.45, 7) is 1.40. The highest BCUT2D eigenvalue weighted by Gasteiger charge is 2.37. The molecule has 4 rings (SSSR count). The molecule has 2 aromatic rings. The van der Waals surface area contributed by atoms with Gasteiger partial charge >= 0.3 is 0 Å². The van der Waals surface area contributed by atoms with E-state index in [0.717, 1.165) is 49.3 Å². The van der Waals surface area contributed by atoms with Crippen molar-refractivity contribution in [2.75, 3.05) is 24.5 Å². The van der Waals surface area contributed by atoms with Crippen LogP contribution < -0.4 is 10.2 Å². The van der Waals surface area contributed by atoms with Gasteiger partial charge < -0.3 is 15.3 Å². The van der Waals surface area contributed by atoms with Crippen LogP contribution in [0.3, 0.4) is 0 Å². The van der Waals surface area contributed by atoms with Crippen molar-refractivity contribution in [3.63, 3.8) is 0 Å². The number of nitrogens with one attached hydrogen (secondary N) is 2. The Labute approximate surface area is 146 Å². The third-order valence-corrected chi connectivity index (χ3v) is 5.15. The molecule has 7 nitrogen and oxygen atoms in total. The van der Waals surface area contributed by atoms with Crippen molar-refractivity contribution in [2.24, 2.45) is 0 Å². The molecule has 1 aliphatic carbocycles. The molecule has 1 amide bonds. The highest BCUT2D eigenvalue weighted by atomic mass is 16.3. The lowest BCUT2D eigenvalue weighted by Gasteiger charge is -2.24. The molecular formula is C18H23N5O2. The summed E-state index contributed by atoms with van der Waals surface area (Å²) in [5.41, 5.74) is 1.66. The Kier molecular flexibility index (Phi) is 4.17. The zero-order chi connectivity index (χ0) is 17.3. The molecule has 0 radical (unpaired) electrons. The second-order valence-electron chi connectivity index (χ2n) is 7.00. The van der Waals surface area contributed by atoms with Gasteiger partial charge in [-0.05, 0) is 44.2 Å². The van der Waals surface area contributed by atoms with Crippen molar-refractivity contribution in [3.05, 3.63) is 41.3 Å². The van der Waals surface area contributed by atoms with Gasteiger partial charge in [-0.2, -0.15) is 5.10 Å². The molecule has 3 heterocycles. The lowest BCUT2D eigenvalue weighted by molar-refractivity contribution is 0.0573. The second kappa shape index (κ2) is 6.48. The first kappa shape index (κ1) is 16.1. The van der Waals surface area contributed by atoms with Crippen molar-refractivity contribution in [2.45, 2.75) is 37.7 Å². The number of nitrogens with zero attached hydrogens (tertiary/aromatic N) is 3. The predicted molar refractivity (Wildman–Crippen MR) is 93.6 cm³/mol. The molecule has 1 aliphatic heterocycles. The quantitative estimate of drug-likeness (QED) is 0.773. The van der Waals surface area contributed by atoms with E-state index in [9.17, 15) is 9.90 Å². The van der Waals surface area contributed by atoms with Crippen molar-refractivity contribution >= 4 is 11.7 Å². The number of anilines is 1. The Hall–Kier alpha value is -2.41. The Morgan fingerprint density at radius 3 is 3.08 bits per heavy atom. The molecule has 1 fully saturated rings. The number of hydrogen-bond donors (Lipinski definition) is 3. The van der Waals surface area contributed by atoms with Crippen LogP contribution in [-0.2, 0) is 12.8 Å². The first-order chi connectivity index (χ1) is 12.1. The van der Waals surface area contributed by atoms with E-state index in [1.807, 2.05) is 23.1 Å². The standard InChI is InChI=1S/C18H23N5O2/c24-17(16-13-5-1-2-6-14(13)21-22-16)20-11-18(25)8-10-23(12-18)15-7-3-4-9-19-15/h3-4,7,9,25H,1-2,5-6,8,10-12H2,(H,20,24)(H,21,22). The van der Waals surface area contributed by atoms with Gasteiger partial charge in [0.2, 0.25) is 0 Å². The van der Waals surface area contributed by atoms with Gasteiger partial charge in [0.25, 0.3) is 5.91 Å². The number of hydrogen-bond acceptors (Lipinski definition) is 5. The van der Waals surface area contributed by atoms with Gasteiger partial charge in [0.15, 0.2) is 5.69 Å². The normalized spacial score (nSPS) is 22.7. The number of pyridine rings is 1. The molecule has 25 heavy (non-hydrogen) atoms. The molecular weight excluding hydrogens is 318 g/mol. The van der Waals surface area contributed by atoms with E-state index in [-0.39, 0.29) is 12.5 Å². The van der Waals surface area contributed by atoms with Gasteiger partial charge in [-0.15, -0.1) is 0 Å². The third-order valence-electron chi connectivity index (χ3n) is 5.15. The first-order valence-corrected chi connectivity index (χ1v) is 8.87. The Balaban J connectivity index is 1.38. The molecule has 0 saturated carbocycles. The Morgan fingerprint density at radius 2 is 2.24 bits per heavy atom. The van der Waals surface area contributed by atoms with Gasteiger partial charge in [-0.3, -0.25) is 9.89 Å². The monoisotopic (exact) mass is 341 g/mol. The van der Waals surface area contributed by atoms with Crippen molar-refractivity contribution < 1.29 is 9.90 Å². The molecule has 1 atom stereocenters. The zero-order valence-corrected chi connectivity index (χ0v) is 14.2. The lowest BCUT2D eigenvalue weighted by atomic mass is 9.95. The maximum Gasteiger partial charge on any atom is 0.272 e.